The van der Waals surface area contributed by atoms with Gasteiger partial charge in [0.25, 0.3) is 0 Å². The molecule has 1 aliphatic carbocycles. The van der Waals surface area contributed by atoms with Gasteiger partial charge in [-0.25, -0.2) is 0 Å². The van der Waals surface area contributed by atoms with E-state index >= 15 is 0 Å². The molecular formula is C16H25ClO2S. The molecule has 1 aliphatic rings. The van der Waals surface area contributed by atoms with Crippen LogP contribution in [-0.2, 0) is 11.2 Å². The molecular weight excluding hydrogens is 292 g/mol. The van der Waals surface area contributed by atoms with Gasteiger partial charge in [0.2, 0.25) is 0 Å². The van der Waals surface area contributed by atoms with E-state index in [9.17, 15) is 5.11 Å². The van der Waals surface area contributed by atoms with Crippen LogP contribution in [0.15, 0.2) is 12.1 Å². The maximum absolute atomic E-state index is 10.7. The maximum atomic E-state index is 10.7. The van der Waals surface area contributed by atoms with E-state index in [1.807, 2.05) is 19.1 Å². The standard InChI is InChI=1S/C16H25ClO2S/c1-4-19-16(9-7-15(2,3)8-10-16)13(18)11-12-5-6-14(17)20-12/h5-6,13,18H,4,7-11H2,1-3H3. The highest BCUT2D eigenvalue weighted by molar-refractivity contribution is 7.16. The van der Waals surface area contributed by atoms with E-state index in [0.717, 1.165) is 34.9 Å². The highest BCUT2D eigenvalue weighted by atomic mass is 35.5. The van der Waals surface area contributed by atoms with Crippen molar-refractivity contribution in [3.05, 3.63) is 21.3 Å². The summed E-state index contributed by atoms with van der Waals surface area (Å²) in [5, 5.41) is 10.7. The Morgan fingerprint density at radius 3 is 2.45 bits per heavy atom. The number of rotatable bonds is 5. The van der Waals surface area contributed by atoms with Crippen LogP contribution in [0.2, 0.25) is 4.34 Å². The molecule has 1 N–H and O–H groups in total. The largest absolute Gasteiger partial charge is 0.390 e. The second kappa shape index (κ2) is 6.35. The van der Waals surface area contributed by atoms with Gasteiger partial charge in [-0.15, -0.1) is 11.3 Å². The summed E-state index contributed by atoms with van der Waals surface area (Å²) in [6.45, 7) is 7.27. The van der Waals surface area contributed by atoms with Gasteiger partial charge in [0.15, 0.2) is 0 Å². The second-order valence-corrected chi connectivity index (χ2v) is 8.39. The Hall–Kier alpha value is -0.0900. The maximum Gasteiger partial charge on any atom is 0.0943 e. The lowest BCUT2D eigenvalue weighted by Gasteiger charge is -2.45. The molecule has 1 unspecified atom stereocenters. The summed E-state index contributed by atoms with van der Waals surface area (Å²) >= 11 is 7.52. The fourth-order valence-electron chi connectivity index (χ4n) is 3.05. The van der Waals surface area contributed by atoms with Gasteiger partial charge in [0.05, 0.1) is 16.0 Å². The first-order chi connectivity index (χ1) is 9.37. The van der Waals surface area contributed by atoms with Crippen LogP contribution in [0.1, 0.15) is 51.3 Å². The molecule has 1 heterocycles. The average Bonchev–Trinajstić information content (AvgIpc) is 2.78. The average molecular weight is 317 g/mol. The van der Waals surface area contributed by atoms with Crippen LogP contribution < -0.4 is 0 Å². The number of aliphatic hydroxyl groups excluding tert-OH is 1. The van der Waals surface area contributed by atoms with Gasteiger partial charge in [-0.3, -0.25) is 0 Å². The van der Waals surface area contributed by atoms with Crippen LogP contribution in [0.4, 0.5) is 0 Å². The molecule has 1 aromatic heterocycles. The molecule has 1 fully saturated rings. The zero-order valence-electron chi connectivity index (χ0n) is 12.6. The molecule has 20 heavy (non-hydrogen) atoms. The monoisotopic (exact) mass is 316 g/mol. The van der Waals surface area contributed by atoms with Crippen molar-refractivity contribution in [1.29, 1.82) is 0 Å². The van der Waals surface area contributed by atoms with Crippen LogP contribution in [0.3, 0.4) is 0 Å². The number of halogens is 1. The lowest BCUT2D eigenvalue weighted by molar-refractivity contribution is -0.150. The van der Waals surface area contributed by atoms with E-state index in [1.165, 1.54) is 0 Å². The van der Waals surface area contributed by atoms with Crippen molar-refractivity contribution in [2.75, 3.05) is 6.61 Å². The van der Waals surface area contributed by atoms with Crippen molar-refractivity contribution in [3.63, 3.8) is 0 Å². The second-order valence-electron chi connectivity index (χ2n) is 6.59. The number of ether oxygens (including phenoxy) is 1. The SMILES string of the molecule is CCOC1(C(O)Cc2ccc(Cl)s2)CCC(C)(C)CC1. The normalized spacial score (nSPS) is 22.6. The molecule has 0 aliphatic heterocycles. The lowest BCUT2D eigenvalue weighted by atomic mass is 9.68. The van der Waals surface area contributed by atoms with Crippen LogP contribution >= 0.6 is 22.9 Å². The van der Waals surface area contributed by atoms with Crippen molar-refractivity contribution in [2.45, 2.75) is 64.6 Å². The number of thiophene rings is 1. The van der Waals surface area contributed by atoms with Crippen molar-refractivity contribution in [1.82, 2.24) is 0 Å². The Bertz CT molecular complexity index is 431. The zero-order chi connectivity index (χ0) is 14.8. The predicted molar refractivity (Wildman–Crippen MR) is 85.6 cm³/mol. The quantitative estimate of drug-likeness (QED) is 0.854. The highest BCUT2D eigenvalue weighted by Gasteiger charge is 2.44. The van der Waals surface area contributed by atoms with Gasteiger partial charge in [-0.05, 0) is 50.2 Å². The van der Waals surface area contributed by atoms with Gasteiger partial charge in [0, 0.05) is 17.9 Å². The van der Waals surface area contributed by atoms with Gasteiger partial charge >= 0.3 is 0 Å². The molecule has 0 saturated heterocycles. The lowest BCUT2D eigenvalue weighted by Crippen LogP contribution is -2.49. The molecule has 0 bridgehead atoms. The minimum atomic E-state index is -0.451. The number of aliphatic hydroxyl groups is 1. The molecule has 1 saturated carbocycles. The summed E-state index contributed by atoms with van der Waals surface area (Å²) < 4.78 is 6.81. The van der Waals surface area contributed by atoms with Crippen molar-refractivity contribution >= 4 is 22.9 Å². The zero-order valence-corrected chi connectivity index (χ0v) is 14.2. The minimum absolute atomic E-state index is 0.368. The first-order valence-corrected chi connectivity index (χ1v) is 8.63. The third-order valence-electron chi connectivity index (χ3n) is 4.51. The Balaban J connectivity index is 2.07. The van der Waals surface area contributed by atoms with Crippen LogP contribution in [0.25, 0.3) is 0 Å². The molecule has 4 heteroatoms. The predicted octanol–water partition coefficient (Wildman–Crippen LogP) is 4.68. The molecule has 2 nitrogen and oxygen atoms in total. The van der Waals surface area contributed by atoms with Gasteiger partial charge < -0.3 is 9.84 Å². The van der Waals surface area contributed by atoms with E-state index < -0.39 is 6.10 Å². The Morgan fingerprint density at radius 2 is 1.95 bits per heavy atom. The van der Waals surface area contributed by atoms with Crippen LogP contribution in [-0.4, -0.2) is 23.4 Å². The summed E-state index contributed by atoms with van der Waals surface area (Å²) in [5.41, 5.74) is -0.00665. The smallest absolute Gasteiger partial charge is 0.0943 e. The highest BCUT2D eigenvalue weighted by Crippen LogP contribution is 2.44. The molecule has 0 radical (unpaired) electrons. The Morgan fingerprint density at radius 1 is 1.30 bits per heavy atom. The molecule has 1 atom stereocenters. The van der Waals surface area contributed by atoms with E-state index in [2.05, 4.69) is 13.8 Å². The van der Waals surface area contributed by atoms with E-state index in [4.69, 9.17) is 16.3 Å². The minimum Gasteiger partial charge on any atom is -0.390 e. The third-order valence-corrected chi connectivity index (χ3v) is 5.77. The number of hydrogen-bond acceptors (Lipinski definition) is 3. The van der Waals surface area contributed by atoms with Crippen molar-refractivity contribution < 1.29 is 9.84 Å². The Labute approximate surface area is 131 Å². The Kier molecular flexibility index (Phi) is 5.17. The summed E-state index contributed by atoms with van der Waals surface area (Å²) in [4.78, 5) is 1.13. The van der Waals surface area contributed by atoms with E-state index in [1.54, 1.807) is 11.3 Å². The van der Waals surface area contributed by atoms with Crippen molar-refractivity contribution in [2.24, 2.45) is 5.41 Å². The molecule has 114 valence electrons. The topological polar surface area (TPSA) is 29.5 Å². The molecule has 2 rings (SSSR count). The van der Waals surface area contributed by atoms with Crippen molar-refractivity contribution in [3.8, 4) is 0 Å². The molecule has 1 aromatic rings. The first kappa shape index (κ1) is 16.3. The molecule has 0 amide bonds. The van der Waals surface area contributed by atoms with Gasteiger partial charge in [-0.2, -0.15) is 0 Å². The third kappa shape index (κ3) is 3.76. The summed E-state index contributed by atoms with van der Waals surface area (Å²) in [6.07, 6.45) is 4.28. The summed E-state index contributed by atoms with van der Waals surface area (Å²) in [5.74, 6) is 0. The fourth-order valence-corrected chi connectivity index (χ4v) is 4.17. The van der Waals surface area contributed by atoms with Crippen LogP contribution in [0.5, 0.6) is 0 Å². The van der Waals surface area contributed by atoms with Gasteiger partial charge in [0.1, 0.15) is 0 Å². The van der Waals surface area contributed by atoms with Gasteiger partial charge in [-0.1, -0.05) is 25.4 Å². The van der Waals surface area contributed by atoms with E-state index in [-0.39, 0.29) is 5.60 Å². The molecule has 0 spiro atoms. The summed E-state index contributed by atoms with van der Waals surface area (Å²) in [7, 11) is 0. The van der Waals surface area contributed by atoms with E-state index in [0.29, 0.717) is 18.4 Å². The van der Waals surface area contributed by atoms with Crippen LogP contribution in [0, 0.1) is 5.41 Å². The molecule has 0 aromatic carbocycles. The summed E-state index contributed by atoms with van der Waals surface area (Å²) in [6, 6.07) is 3.90. The fraction of sp³-hybridized carbons (Fsp3) is 0.750. The first-order valence-electron chi connectivity index (χ1n) is 7.43. The number of hydrogen-bond donors (Lipinski definition) is 1.